The van der Waals surface area contributed by atoms with E-state index in [2.05, 4.69) is 24.8 Å². The summed E-state index contributed by atoms with van der Waals surface area (Å²) in [5.74, 6) is 1.10. The van der Waals surface area contributed by atoms with E-state index in [0.717, 1.165) is 50.2 Å². The highest BCUT2D eigenvalue weighted by Gasteiger charge is 2.31. The summed E-state index contributed by atoms with van der Waals surface area (Å²) in [7, 11) is 0. The third-order valence-corrected chi connectivity index (χ3v) is 6.38. The van der Waals surface area contributed by atoms with Crippen LogP contribution in [0.3, 0.4) is 0 Å². The predicted octanol–water partition coefficient (Wildman–Crippen LogP) is 1.74. The van der Waals surface area contributed by atoms with Crippen LogP contribution in [0.5, 0.6) is 0 Å². The molecule has 0 bridgehead atoms. The van der Waals surface area contributed by atoms with Crippen LogP contribution in [0.1, 0.15) is 40.9 Å². The van der Waals surface area contributed by atoms with Crippen molar-refractivity contribution in [3.8, 4) is 0 Å². The number of hydrogen-bond donors (Lipinski definition) is 0. The Morgan fingerprint density at radius 1 is 1.07 bits per heavy atom. The van der Waals surface area contributed by atoms with Crippen molar-refractivity contribution < 1.29 is 4.79 Å². The second kappa shape index (κ2) is 7.47. The first-order chi connectivity index (χ1) is 13.8. The van der Waals surface area contributed by atoms with Gasteiger partial charge in [-0.3, -0.25) is 14.7 Å². The maximum atomic E-state index is 12.8. The first kappa shape index (κ1) is 17.6. The lowest BCUT2D eigenvalue weighted by Gasteiger charge is -2.43. The standard InChI is InChI=1S/C21H26N6O/c28-21(16-3-2-7-22-13-16)27-8-6-18-19(14-27)23-15-24-20(18)26-11-9-25(10-12-26)17-4-1-5-17/h2-3,7,13,15,17H,1,4-6,8-12,14H2. The van der Waals surface area contributed by atoms with Crippen molar-refractivity contribution >= 4 is 11.7 Å². The van der Waals surface area contributed by atoms with E-state index in [1.165, 1.54) is 24.8 Å². The number of hydrogen-bond acceptors (Lipinski definition) is 6. The molecular formula is C21H26N6O. The zero-order valence-corrected chi connectivity index (χ0v) is 16.1. The van der Waals surface area contributed by atoms with Crippen molar-refractivity contribution in [1.82, 2.24) is 24.8 Å². The molecule has 0 atom stereocenters. The van der Waals surface area contributed by atoms with E-state index in [4.69, 9.17) is 0 Å². The highest BCUT2D eigenvalue weighted by Crippen LogP contribution is 2.29. The molecule has 0 spiro atoms. The van der Waals surface area contributed by atoms with Gasteiger partial charge in [0.15, 0.2) is 0 Å². The molecule has 146 valence electrons. The van der Waals surface area contributed by atoms with Crippen LogP contribution in [0.2, 0.25) is 0 Å². The van der Waals surface area contributed by atoms with Crippen molar-refractivity contribution in [2.24, 2.45) is 0 Å². The van der Waals surface area contributed by atoms with Crippen molar-refractivity contribution in [1.29, 1.82) is 0 Å². The Morgan fingerprint density at radius 2 is 1.93 bits per heavy atom. The van der Waals surface area contributed by atoms with Gasteiger partial charge in [0.25, 0.3) is 5.91 Å². The third-order valence-electron chi connectivity index (χ3n) is 6.38. The minimum atomic E-state index is 0.0213. The zero-order chi connectivity index (χ0) is 18.9. The van der Waals surface area contributed by atoms with Crippen LogP contribution in [0.25, 0.3) is 0 Å². The summed E-state index contributed by atoms with van der Waals surface area (Å²) in [5, 5.41) is 0. The zero-order valence-electron chi connectivity index (χ0n) is 16.1. The van der Waals surface area contributed by atoms with E-state index in [0.29, 0.717) is 18.7 Å². The largest absolute Gasteiger partial charge is 0.354 e. The fourth-order valence-electron chi connectivity index (χ4n) is 4.51. The van der Waals surface area contributed by atoms with Gasteiger partial charge in [0.2, 0.25) is 0 Å². The Labute approximate surface area is 165 Å². The Kier molecular flexibility index (Phi) is 4.68. The predicted molar refractivity (Wildman–Crippen MR) is 106 cm³/mol. The highest BCUT2D eigenvalue weighted by atomic mass is 16.2. The molecule has 7 heteroatoms. The average molecular weight is 378 g/mol. The molecule has 1 saturated carbocycles. The van der Waals surface area contributed by atoms with E-state index < -0.39 is 0 Å². The molecule has 5 rings (SSSR count). The fraction of sp³-hybridized carbons (Fsp3) is 0.524. The minimum Gasteiger partial charge on any atom is -0.354 e. The number of anilines is 1. The quantitative estimate of drug-likeness (QED) is 0.811. The number of piperazine rings is 1. The number of rotatable bonds is 3. The summed E-state index contributed by atoms with van der Waals surface area (Å²) < 4.78 is 0. The van der Waals surface area contributed by atoms with Gasteiger partial charge in [0, 0.05) is 56.7 Å². The molecule has 0 aromatic carbocycles. The number of nitrogens with zero attached hydrogens (tertiary/aromatic N) is 6. The van der Waals surface area contributed by atoms with Crippen LogP contribution >= 0.6 is 0 Å². The van der Waals surface area contributed by atoms with E-state index in [9.17, 15) is 4.79 Å². The highest BCUT2D eigenvalue weighted by molar-refractivity contribution is 5.94. The molecule has 2 aromatic rings. The van der Waals surface area contributed by atoms with E-state index >= 15 is 0 Å². The lowest BCUT2D eigenvalue weighted by atomic mass is 9.91. The monoisotopic (exact) mass is 378 g/mol. The maximum absolute atomic E-state index is 12.8. The lowest BCUT2D eigenvalue weighted by Crippen LogP contribution is -2.52. The molecule has 0 unspecified atom stereocenters. The first-order valence-electron chi connectivity index (χ1n) is 10.3. The summed E-state index contributed by atoms with van der Waals surface area (Å²) in [4.78, 5) is 32.9. The summed E-state index contributed by atoms with van der Waals surface area (Å²) >= 11 is 0. The molecule has 2 fully saturated rings. The molecule has 0 radical (unpaired) electrons. The number of pyridine rings is 1. The van der Waals surface area contributed by atoms with Crippen molar-refractivity contribution in [2.45, 2.75) is 38.3 Å². The SMILES string of the molecule is O=C(c1cccnc1)N1CCc2c(ncnc2N2CCN(C3CCC3)CC2)C1. The average Bonchev–Trinajstić information content (AvgIpc) is 2.72. The Balaban J connectivity index is 1.29. The smallest absolute Gasteiger partial charge is 0.255 e. The van der Waals surface area contributed by atoms with Crippen molar-refractivity contribution in [3.63, 3.8) is 0 Å². The third kappa shape index (κ3) is 3.24. The van der Waals surface area contributed by atoms with Gasteiger partial charge in [-0.25, -0.2) is 9.97 Å². The van der Waals surface area contributed by atoms with Gasteiger partial charge in [0.05, 0.1) is 17.8 Å². The topological polar surface area (TPSA) is 65.5 Å². The minimum absolute atomic E-state index is 0.0213. The summed E-state index contributed by atoms with van der Waals surface area (Å²) in [6.45, 7) is 5.53. The van der Waals surface area contributed by atoms with Gasteiger partial charge in [-0.05, 0) is 31.4 Å². The number of carbonyl (C=O) groups excluding carboxylic acids is 1. The van der Waals surface area contributed by atoms with Crippen LogP contribution < -0.4 is 4.90 Å². The van der Waals surface area contributed by atoms with Crippen LogP contribution in [-0.2, 0) is 13.0 Å². The van der Waals surface area contributed by atoms with Crippen LogP contribution in [0.4, 0.5) is 5.82 Å². The molecule has 2 aliphatic heterocycles. The second-order valence-electron chi connectivity index (χ2n) is 7.95. The molecular weight excluding hydrogens is 352 g/mol. The number of aromatic nitrogens is 3. The maximum Gasteiger partial charge on any atom is 0.255 e. The molecule has 2 aromatic heterocycles. The van der Waals surface area contributed by atoms with E-state index in [1.54, 1.807) is 24.8 Å². The van der Waals surface area contributed by atoms with Crippen LogP contribution in [-0.4, -0.2) is 69.4 Å². The number of fused-ring (bicyclic) bond motifs is 1. The summed E-state index contributed by atoms with van der Waals surface area (Å²) in [6.07, 6.45) is 9.90. The van der Waals surface area contributed by atoms with E-state index in [-0.39, 0.29) is 5.91 Å². The van der Waals surface area contributed by atoms with Crippen molar-refractivity contribution in [3.05, 3.63) is 47.7 Å². The van der Waals surface area contributed by atoms with Gasteiger partial charge < -0.3 is 9.80 Å². The summed E-state index contributed by atoms with van der Waals surface area (Å²) in [5.41, 5.74) is 2.83. The van der Waals surface area contributed by atoms with Gasteiger partial charge in [-0.15, -0.1) is 0 Å². The normalized spacial score (nSPS) is 20.6. The van der Waals surface area contributed by atoms with Crippen LogP contribution in [0.15, 0.2) is 30.9 Å². The van der Waals surface area contributed by atoms with Crippen LogP contribution in [0, 0.1) is 0 Å². The van der Waals surface area contributed by atoms with Gasteiger partial charge >= 0.3 is 0 Å². The molecule has 4 heterocycles. The molecule has 1 saturated heterocycles. The second-order valence-corrected chi connectivity index (χ2v) is 7.95. The molecule has 28 heavy (non-hydrogen) atoms. The van der Waals surface area contributed by atoms with Gasteiger partial charge in [-0.1, -0.05) is 6.42 Å². The van der Waals surface area contributed by atoms with Gasteiger partial charge in [0.1, 0.15) is 12.1 Å². The molecule has 0 N–H and O–H groups in total. The number of carbonyl (C=O) groups is 1. The first-order valence-corrected chi connectivity index (χ1v) is 10.3. The molecule has 7 nitrogen and oxygen atoms in total. The molecule has 1 amide bonds. The summed E-state index contributed by atoms with van der Waals surface area (Å²) in [6, 6.07) is 4.43. The van der Waals surface area contributed by atoms with Crippen molar-refractivity contribution in [2.75, 3.05) is 37.6 Å². The number of amides is 1. The van der Waals surface area contributed by atoms with Gasteiger partial charge in [-0.2, -0.15) is 0 Å². The molecule has 3 aliphatic rings. The Morgan fingerprint density at radius 3 is 2.64 bits per heavy atom. The lowest BCUT2D eigenvalue weighted by molar-refractivity contribution is 0.0731. The van der Waals surface area contributed by atoms with E-state index in [1.807, 2.05) is 11.0 Å². The fourth-order valence-corrected chi connectivity index (χ4v) is 4.51. The molecule has 1 aliphatic carbocycles. The Hall–Kier alpha value is -2.54. The Bertz CT molecular complexity index is 845.